The second-order valence-electron chi connectivity index (χ2n) is 4.14. The lowest BCUT2D eigenvalue weighted by Gasteiger charge is -2.07. The molecule has 0 aliphatic heterocycles. The summed E-state index contributed by atoms with van der Waals surface area (Å²) in [5.41, 5.74) is 1.44. The standard InChI is InChI=1S/C13H14ClN5/c14-13-7-12(4-3-11(13)8-15)16-5-1-2-6-19-9-17-18-10-19/h3-4,7,9-10,16H,1-2,5-6H2. The van der Waals surface area contributed by atoms with Crippen molar-refractivity contribution in [2.45, 2.75) is 19.4 Å². The Balaban J connectivity index is 1.71. The van der Waals surface area contributed by atoms with Crippen LogP contribution in [0.1, 0.15) is 18.4 Å². The average molecular weight is 276 g/mol. The van der Waals surface area contributed by atoms with Crippen molar-refractivity contribution in [1.82, 2.24) is 14.8 Å². The van der Waals surface area contributed by atoms with E-state index in [1.807, 2.05) is 16.7 Å². The highest BCUT2D eigenvalue weighted by molar-refractivity contribution is 6.32. The molecule has 1 aromatic heterocycles. The molecule has 19 heavy (non-hydrogen) atoms. The summed E-state index contributed by atoms with van der Waals surface area (Å²) in [4.78, 5) is 0. The Bertz CT molecular complexity index is 559. The van der Waals surface area contributed by atoms with Crippen molar-refractivity contribution in [2.75, 3.05) is 11.9 Å². The van der Waals surface area contributed by atoms with Crippen molar-refractivity contribution in [2.24, 2.45) is 0 Å². The second kappa shape index (κ2) is 6.76. The second-order valence-corrected chi connectivity index (χ2v) is 4.55. The largest absolute Gasteiger partial charge is 0.385 e. The van der Waals surface area contributed by atoms with Crippen LogP contribution in [0.5, 0.6) is 0 Å². The molecule has 0 unspecified atom stereocenters. The molecule has 0 bridgehead atoms. The van der Waals surface area contributed by atoms with E-state index in [1.54, 1.807) is 24.8 Å². The summed E-state index contributed by atoms with van der Waals surface area (Å²) in [6, 6.07) is 7.41. The fourth-order valence-corrected chi connectivity index (χ4v) is 1.93. The Morgan fingerprint density at radius 3 is 2.74 bits per heavy atom. The van der Waals surface area contributed by atoms with E-state index in [2.05, 4.69) is 15.5 Å². The Morgan fingerprint density at radius 2 is 2.05 bits per heavy atom. The lowest BCUT2D eigenvalue weighted by Crippen LogP contribution is -2.03. The molecule has 0 amide bonds. The zero-order valence-electron chi connectivity index (χ0n) is 10.4. The smallest absolute Gasteiger partial charge is 0.119 e. The summed E-state index contributed by atoms with van der Waals surface area (Å²) in [5, 5.41) is 20.0. The third-order valence-electron chi connectivity index (χ3n) is 2.73. The van der Waals surface area contributed by atoms with Crippen molar-refractivity contribution in [3.8, 4) is 6.07 Å². The van der Waals surface area contributed by atoms with Crippen LogP contribution in [-0.4, -0.2) is 21.3 Å². The number of nitrogens with one attached hydrogen (secondary N) is 1. The summed E-state index contributed by atoms with van der Waals surface area (Å²) in [5.74, 6) is 0. The van der Waals surface area contributed by atoms with Gasteiger partial charge < -0.3 is 9.88 Å². The molecule has 0 saturated heterocycles. The number of nitriles is 1. The summed E-state index contributed by atoms with van der Waals surface area (Å²) in [6.07, 6.45) is 5.52. The molecule has 0 spiro atoms. The van der Waals surface area contributed by atoms with E-state index in [-0.39, 0.29) is 0 Å². The number of anilines is 1. The van der Waals surface area contributed by atoms with Gasteiger partial charge in [-0.3, -0.25) is 0 Å². The summed E-state index contributed by atoms with van der Waals surface area (Å²) < 4.78 is 1.96. The van der Waals surface area contributed by atoms with Gasteiger partial charge in [-0.1, -0.05) is 11.6 Å². The molecule has 5 nitrogen and oxygen atoms in total. The van der Waals surface area contributed by atoms with Crippen LogP contribution in [0.4, 0.5) is 5.69 Å². The molecular weight excluding hydrogens is 262 g/mol. The van der Waals surface area contributed by atoms with Gasteiger partial charge in [-0.15, -0.1) is 10.2 Å². The van der Waals surface area contributed by atoms with Crippen LogP contribution in [0.3, 0.4) is 0 Å². The highest BCUT2D eigenvalue weighted by atomic mass is 35.5. The number of aromatic nitrogens is 3. The molecule has 0 aliphatic rings. The lowest BCUT2D eigenvalue weighted by molar-refractivity contribution is 0.619. The van der Waals surface area contributed by atoms with Crippen LogP contribution in [0.15, 0.2) is 30.9 Å². The summed E-state index contributed by atoms with van der Waals surface area (Å²) in [7, 11) is 0. The van der Waals surface area contributed by atoms with Crippen molar-refractivity contribution < 1.29 is 0 Å². The average Bonchev–Trinajstić information content (AvgIpc) is 2.92. The quantitative estimate of drug-likeness (QED) is 0.823. The first-order valence-electron chi connectivity index (χ1n) is 6.05. The van der Waals surface area contributed by atoms with Gasteiger partial charge in [0.05, 0.1) is 10.6 Å². The van der Waals surface area contributed by atoms with E-state index in [1.165, 1.54) is 0 Å². The van der Waals surface area contributed by atoms with Gasteiger partial charge >= 0.3 is 0 Å². The molecule has 1 aromatic carbocycles. The first-order valence-corrected chi connectivity index (χ1v) is 6.43. The minimum Gasteiger partial charge on any atom is -0.385 e. The van der Waals surface area contributed by atoms with Gasteiger partial charge in [-0.2, -0.15) is 5.26 Å². The lowest BCUT2D eigenvalue weighted by atomic mass is 10.2. The van der Waals surface area contributed by atoms with Gasteiger partial charge in [0.1, 0.15) is 18.7 Å². The molecule has 0 aliphatic carbocycles. The van der Waals surface area contributed by atoms with Crippen LogP contribution >= 0.6 is 11.6 Å². The molecular formula is C13H14ClN5. The van der Waals surface area contributed by atoms with Crippen LogP contribution in [0.2, 0.25) is 5.02 Å². The Hall–Kier alpha value is -2.06. The number of unbranched alkanes of at least 4 members (excludes halogenated alkanes) is 1. The highest BCUT2D eigenvalue weighted by Crippen LogP contribution is 2.20. The molecule has 0 saturated carbocycles. The maximum atomic E-state index is 8.78. The van der Waals surface area contributed by atoms with Gasteiger partial charge in [0.25, 0.3) is 0 Å². The molecule has 1 N–H and O–H groups in total. The summed E-state index contributed by atoms with van der Waals surface area (Å²) >= 11 is 5.96. The van der Waals surface area contributed by atoms with Gasteiger partial charge in [-0.05, 0) is 31.0 Å². The van der Waals surface area contributed by atoms with E-state index in [0.717, 1.165) is 31.6 Å². The van der Waals surface area contributed by atoms with Crippen molar-refractivity contribution >= 4 is 17.3 Å². The number of rotatable bonds is 6. The van der Waals surface area contributed by atoms with E-state index in [9.17, 15) is 0 Å². The Kier molecular flexibility index (Phi) is 4.76. The van der Waals surface area contributed by atoms with Crippen molar-refractivity contribution in [3.63, 3.8) is 0 Å². The highest BCUT2D eigenvalue weighted by Gasteiger charge is 2.00. The van der Waals surface area contributed by atoms with Crippen LogP contribution in [0.25, 0.3) is 0 Å². The van der Waals surface area contributed by atoms with E-state index in [0.29, 0.717) is 10.6 Å². The van der Waals surface area contributed by atoms with Gasteiger partial charge in [0.2, 0.25) is 0 Å². The minimum atomic E-state index is 0.483. The van der Waals surface area contributed by atoms with Crippen molar-refractivity contribution in [1.29, 1.82) is 5.26 Å². The monoisotopic (exact) mass is 275 g/mol. The van der Waals surface area contributed by atoms with E-state index in [4.69, 9.17) is 16.9 Å². The number of benzene rings is 1. The maximum Gasteiger partial charge on any atom is 0.119 e. The molecule has 0 fully saturated rings. The first kappa shape index (κ1) is 13.4. The molecule has 98 valence electrons. The first-order chi connectivity index (χ1) is 9.29. The van der Waals surface area contributed by atoms with Crippen molar-refractivity contribution in [3.05, 3.63) is 41.4 Å². The molecule has 1 heterocycles. The Labute approximate surface area is 116 Å². The van der Waals surface area contributed by atoms with Gasteiger partial charge in [0, 0.05) is 18.8 Å². The number of hydrogen-bond acceptors (Lipinski definition) is 4. The molecule has 0 atom stereocenters. The molecule has 0 radical (unpaired) electrons. The zero-order valence-corrected chi connectivity index (χ0v) is 11.1. The van der Waals surface area contributed by atoms with Gasteiger partial charge in [0.15, 0.2) is 0 Å². The molecule has 6 heteroatoms. The summed E-state index contributed by atoms with van der Waals surface area (Å²) in [6.45, 7) is 1.78. The van der Waals surface area contributed by atoms with E-state index < -0.39 is 0 Å². The number of halogens is 1. The SMILES string of the molecule is N#Cc1ccc(NCCCCn2cnnc2)cc1Cl. The Morgan fingerprint density at radius 1 is 1.26 bits per heavy atom. The van der Waals surface area contributed by atoms with E-state index >= 15 is 0 Å². The maximum absolute atomic E-state index is 8.78. The third-order valence-corrected chi connectivity index (χ3v) is 3.04. The fourth-order valence-electron chi connectivity index (χ4n) is 1.71. The number of nitrogens with zero attached hydrogens (tertiary/aromatic N) is 4. The normalized spacial score (nSPS) is 10.1. The number of aryl methyl sites for hydroxylation is 1. The minimum absolute atomic E-state index is 0.483. The van der Waals surface area contributed by atoms with Crippen LogP contribution in [0, 0.1) is 11.3 Å². The van der Waals surface area contributed by atoms with Crippen LogP contribution < -0.4 is 5.32 Å². The topological polar surface area (TPSA) is 66.5 Å². The third kappa shape index (κ3) is 3.97. The zero-order chi connectivity index (χ0) is 13.5. The molecule has 2 rings (SSSR count). The fraction of sp³-hybridized carbons (Fsp3) is 0.308. The molecule has 2 aromatic rings. The van der Waals surface area contributed by atoms with Crippen LogP contribution in [-0.2, 0) is 6.54 Å². The number of hydrogen-bond donors (Lipinski definition) is 1. The van der Waals surface area contributed by atoms with Gasteiger partial charge in [-0.25, -0.2) is 0 Å². The predicted octanol–water partition coefficient (Wildman–Crippen LogP) is 2.70. The predicted molar refractivity (Wildman–Crippen MR) is 73.9 cm³/mol.